The molecule has 1 aliphatic carbocycles. The number of rotatable bonds is 3. The molecular weight excluding hydrogens is 250 g/mol. The Morgan fingerprint density at radius 2 is 2.17 bits per heavy atom. The summed E-state index contributed by atoms with van der Waals surface area (Å²) < 4.78 is 0. The van der Waals surface area contributed by atoms with Crippen molar-refractivity contribution in [2.45, 2.75) is 51.2 Å². The number of carbonyl (C=O) groups is 2. The van der Waals surface area contributed by atoms with Gasteiger partial charge in [0.1, 0.15) is 0 Å². The van der Waals surface area contributed by atoms with Crippen LogP contribution in [0.1, 0.15) is 39.0 Å². The van der Waals surface area contributed by atoms with E-state index in [1.54, 1.807) is 6.92 Å². The second-order valence-electron chi connectivity index (χ2n) is 5.34. The number of aliphatic hydroxyl groups is 1. The second-order valence-corrected chi connectivity index (χ2v) is 6.53. The lowest BCUT2D eigenvalue weighted by atomic mass is 9.91. The first-order chi connectivity index (χ1) is 8.58. The van der Waals surface area contributed by atoms with Gasteiger partial charge in [-0.2, -0.15) is 0 Å². The van der Waals surface area contributed by atoms with Gasteiger partial charge in [0.15, 0.2) is 5.12 Å². The van der Waals surface area contributed by atoms with Gasteiger partial charge in [-0.15, -0.1) is 0 Å². The van der Waals surface area contributed by atoms with Crippen molar-refractivity contribution in [2.24, 2.45) is 5.92 Å². The summed E-state index contributed by atoms with van der Waals surface area (Å²) >= 11 is 1.30. The zero-order valence-corrected chi connectivity index (χ0v) is 11.6. The molecule has 2 fully saturated rings. The van der Waals surface area contributed by atoms with Crippen LogP contribution in [-0.2, 0) is 9.59 Å². The van der Waals surface area contributed by atoms with Crippen LogP contribution in [0.3, 0.4) is 0 Å². The van der Waals surface area contributed by atoms with Crippen molar-refractivity contribution in [3.8, 4) is 0 Å². The third kappa shape index (κ3) is 3.26. The van der Waals surface area contributed by atoms with Gasteiger partial charge < -0.3 is 10.0 Å². The molecule has 2 rings (SSSR count). The molecule has 5 heteroatoms. The molecule has 1 N–H and O–H groups in total. The summed E-state index contributed by atoms with van der Waals surface area (Å²) in [6.45, 7) is 2.27. The van der Waals surface area contributed by atoms with E-state index in [0.717, 1.165) is 31.4 Å². The molecule has 1 heterocycles. The summed E-state index contributed by atoms with van der Waals surface area (Å²) in [5, 5.41) is 10.1. The summed E-state index contributed by atoms with van der Waals surface area (Å²) in [7, 11) is 0. The highest BCUT2D eigenvalue weighted by Crippen LogP contribution is 2.30. The Morgan fingerprint density at radius 1 is 1.44 bits per heavy atom. The van der Waals surface area contributed by atoms with E-state index in [2.05, 4.69) is 0 Å². The maximum Gasteiger partial charge on any atom is 0.223 e. The zero-order valence-electron chi connectivity index (χ0n) is 10.8. The van der Waals surface area contributed by atoms with Crippen LogP contribution in [0.25, 0.3) is 0 Å². The maximum atomic E-state index is 12.0. The highest BCUT2D eigenvalue weighted by Gasteiger charge is 2.38. The van der Waals surface area contributed by atoms with Crippen LogP contribution in [0.5, 0.6) is 0 Å². The lowest BCUT2D eigenvalue weighted by Crippen LogP contribution is -2.46. The highest BCUT2D eigenvalue weighted by atomic mass is 32.2. The number of thioether (sulfide) groups is 1. The molecule has 0 aromatic carbocycles. The van der Waals surface area contributed by atoms with Gasteiger partial charge in [0.05, 0.1) is 12.1 Å². The monoisotopic (exact) mass is 271 g/mol. The van der Waals surface area contributed by atoms with Crippen LogP contribution in [-0.4, -0.2) is 45.5 Å². The largest absolute Gasteiger partial charge is 0.391 e. The van der Waals surface area contributed by atoms with E-state index in [4.69, 9.17) is 0 Å². The Labute approximate surface area is 112 Å². The highest BCUT2D eigenvalue weighted by molar-refractivity contribution is 8.13. The van der Waals surface area contributed by atoms with E-state index >= 15 is 0 Å². The number of amides is 1. The molecule has 1 unspecified atom stereocenters. The SMILES string of the molecule is CC(=O)SCC1CC(=O)N([C@H]2CCCC[C@@H]2O)C1. The Bertz CT molecular complexity index is 334. The molecular formula is C13H21NO3S. The predicted octanol–water partition coefficient (Wildman–Crippen LogP) is 1.42. The fourth-order valence-corrected chi connectivity index (χ4v) is 3.62. The summed E-state index contributed by atoms with van der Waals surface area (Å²) in [5.41, 5.74) is 0. The topological polar surface area (TPSA) is 57.6 Å². The number of likely N-dealkylation sites (tertiary alicyclic amines) is 1. The number of nitrogens with zero attached hydrogens (tertiary/aromatic N) is 1. The summed E-state index contributed by atoms with van der Waals surface area (Å²) in [4.78, 5) is 24.8. The molecule has 0 bridgehead atoms. The fourth-order valence-electron chi connectivity index (χ4n) is 2.93. The smallest absolute Gasteiger partial charge is 0.223 e. The van der Waals surface area contributed by atoms with Crippen molar-refractivity contribution in [1.29, 1.82) is 0 Å². The van der Waals surface area contributed by atoms with Gasteiger partial charge in [0, 0.05) is 25.6 Å². The molecule has 18 heavy (non-hydrogen) atoms. The Balaban J connectivity index is 1.90. The molecule has 1 saturated carbocycles. The van der Waals surface area contributed by atoms with Gasteiger partial charge in [-0.1, -0.05) is 24.6 Å². The predicted molar refractivity (Wildman–Crippen MR) is 71.2 cm³/mol. The van der Waals surface area contributed by atoms with E-state index in [1.807, 2.05) is 4.90 Å². The fraction of sp³-hybridized carbons (Fsp3) is 0.846. The van der Waals surface area contributed by atoms with Crippen molar-refractivity contribution in [2.75, 3.05) is 12.3 Å². The van der Waals surface area contributed by atoms with E-state index in [0.29, 0.717) is 13.0 Å². The molecule has 4 nitrogen and oxygen atoms in total. The van der Waals surface area contributed by atoms with Crippen molar-refractivity contribution in [1.82, 2.24) is 4.90 Å². The average molecular weight is 271 g/mol. The quantitative estimate of drug-likeness (QED) is 0.843. The van der Waals surface area contributed by atoms with E-state index in [-0.39, 0.29) is 29.1 Å². The van der Waals surface area contributed by atoms with Crippen LogP contribution >= 0.6 is 11.8 Å². The van der Waals surface area contributed by atoms with Crippen molar-refractivity contribution in [3.63, 3.8) is 0 Å². The van der Waals surface area contributed by atoms with E-state index in [1.165, 1.54) is 11.8 Å². The van der Waals surface area contributed by atoms with Crippen molar-refractivity contribution in [3.05, 3.63) is 0 Å². The lowest BCUT2D eigenvalue weighted by Gasteiger charge is -2.35. The van der Waals surface area contributed by atoms with Gasteiger partial charge >= 0.3 is 0 Å². The summed E-state index contributed by atoms with van der Waals surface area (Å²) in [6, 6.07) is 0.0126. The van der Waals surface area contributed by atoms with Gasteiger partial charge in [0.2, 0.25) is 5.91 Å². The van der Waals surface area contributed by atoms with Crippen molar-refractivity contribution >= 4 is 22.8 Å². The van der Waals surface area contributed by atoms with Crippen LogP contribution in [0.4, 0.5) is 0 Å². The minimum Gasteiger partial charge on any atom is -0.391 e. The number of hydrogen-bond donors (Lipinski definition) is 1. The van der Waals surface area contributed by atoms with E-state index in [9.17, 15) is 14.7 Å². The Kier molecular flexibility index (Phi) is 4.67. The van der Waals surface area contributed by atoms with Gasteiger partial charge in [0.25, 0.3) is 0 Å². The van der Waals surface area contributed by atoms with Crippen LogP contribution in [0, 0.1) is 5.92 Å². The molecule has 0 spiro atoms. The molecule has 1 aliphatic heterocycles. The Hall–Kier alpha value is -0.550. The zero-order chi connectivity index (χ0) is 13.1. The lowest BCUT2D eigenvalue weighted by molar-refractivity contribution is -0.133. The first kappa shape index (κ1) is 13.9. The van der Waals surface area contributed by atoms with Crippen LogP contribution in [0.15, 0.2) is 0 Å². The third-order valence-electron chi connectivity index (χ3n) is 3.86. The van der Waals surface area contributed by atoms with Crippen molar-refractivity contribution < 1.29 is 14.7 Å². The number of aliphatic hydroxyl groups excluding tert-OH is 1. The molecule has 1 amide bonds. The van der Waals surface area contributed by atoms with Gasteiger partial charge in [-0.3, -0.25) is 9.59 Å². The minimum absolute atomic E-state index is 0.0126. The number of carbonyl (C=O) groups excluding carboxylic acids is 2. The van der Waals surface area contributed by atoms with Gasteiger partial charge in [-0.25, -0.2) is 0 Å². The molecule has 0 aromatic rings. The van der Waals surface area contributed by atoms with Crippen LogP contribution in [0.2, 0.25) is 0 Å². The standard InChI is InChI=1S/C13H21NO3S/c1-9(15)18-8-10-6-13(17)14(7-10)11-4-2-3-5-12(11)16/h10-12,16H,2-8H2,1H3/t10?,11-,12-/m0/s1. The molecule has 3 atom stereocenters. The summed E-state index contributed by atoms with van der Waals surface area (Å²) in [5.74, 6) is 1.14. The van der Waals surface area contributed by atoms with Gasteiger partial charge in [-0.05, 0) is 18.8 Å². The maximum absolute atomic E-state index is 12.0. The first-order valence-electron chi connectivity index (χ1n) is 6.69. The molecule has 0 aromatic heterocycles. The molecule has 1 saturated heterocycles. The average Bonchev–Trinajstić information content (AvgIpc) is 2.69. The second kappa shape index (κ2) is 6.06. The minimum atomic E-state index is -0.359. The molecule has 2 aliphatic rings. The van der Waals surface area contributed by atoms with Crippen LogP contribution < -0.4 is 0 Å². The normalized spacial score (nSPS) is 32.9. The summed E-state index contributed by atoms with van der Waals surface area (Å²) in [6.07, 6.45) is 4.05. The first-order valence-corrected chi connectivity index (χ1v) is 7.67. The number of hydrogen-bond acceptors (Lipinski definition) is 4. The molecule has 102 valence electrons. The Morgan fingerprint density at radius 3 is 2.83 bits per heavy atom. The third-order valence-corrected chi connectivity index (χ3v) is 4.90. The molecule has 0 radical (unpaired) electrons. The van der Waals surface area contributed by atoms with E-state index < -0.39 is 0 Å².